The van der Waals surface area contributed by atoms with E-state index in [1.807, 2.05) is 55.5 Å². The van der Waals surface area contributed by atoms with Crippen LogP contribution in [0.15, 0.2) is 48.5 Å². The summed E-state index contributed by atoms with van der Waals surface area (Å²) in [6.45, 7) is 4.85. The van der Waals surface area contributed by atoms with Crippen molar-refractivity contribution >= 4 is 29.7 Å². The van der Waals surface area contributed by atoms with Gasteiger partial charge in [0.2, 0.25) is 12.1 Å². The van der Waals surface area contributed by atoms with Crippen LogP contribution in [0.3, 0.4) is 0 Å². The third-order valence-corrected chi connectivity index (χ3v) is 9.08. The molecular formula is C35H38ClN7O12. The lowest BCUT2D eigenvalue weighted by Gasteiger charge is -2.19. The number of tetrazole rings is 1. The van der Waals surface area contributed by atoms with E-state index >= 15 is 0 Å². The molecule has 2 aromatic carbocycles. The molecule has 4 aromatic rings. The lowest BCUT2D eigenvalue weighted by molar-refractivity contribution is -0.767. The standard InChI is InChI=1S/C35H38ClN7O12/c1-4-5-10-27-37-32(36)29(42(27)16-21-11-13-22(14-12-21)23-8-6-7-9-24(23)33-38-40-41-39-33)34(45)51-20(3)52-35(46)54-26-18-50-30-25(17-49-31(26)30)53-28(44)15-19(2)55-43(47)48/h6-9,11-14,19-20,25-26,30-31H,4-5,10,15-18H2,1-3H3,(H,38,39,40,41)/t19?,20?,25-,26+,30?,31?/m1/s1. The Morgan fingerprint density at radius 2 is 1.71 bits per heavy atom. The lowest BCUT2D eigenvalue weighted by Crippen LogP contribution is -2.37. The number of nitrogens with one attached hydrogen (secondary N) is 1. The second-order valence-corrected chi connectivity index (χ2v) is 13.2. The molecule has 4 unspecified atom stereocenters. The Morgan fingerprint density at radius 1 is 1.02 bits per heavy atom. The van der Waals surface area contributed by atoms with Gasteiger partial charge in [0.1, 0.15) is 24.1 Å². The highest BCUT2D eigenvalue weighted by Crippen LogP contribution is 2.32. The fourth-order valence-electron chi connectivity index (χ4n) is 6.32. The van der Waals surface area contributed by atoms with Gasteiger partial charge in [0, 0.05) is 25.5 Å². The van der Waals surface area contributed by atoms with E-state index in [1.165, 1.54) is 13.8 Å². The van der Waals surface area contributed by atoms with Crippen LogP contribution in [0.4, 0.5) is 4.79 Å². The third-order valence-electron chi connectivity index (χ3n) is 8.82. The Hall–Kier alpha value is -5.66. The third kappa shape index (κ3) is 9.53. The molecule has 2 aliphatic heterocycles. The number of fused-ring (bicyclic) bond motifs is 1. The minimum atomic E-state index is -1.39. The summed E-state index contributed by atoms with van der Waals surface area (Å²) in [5, 5.41) is 23.8. The van der Waals surface area contributed by atoms with Crippen LogP contribution in [0.5, 0.6) is 0 Å². The van der Waals surface area contributed by atoms with Crippen LogP contribution in [-0.2, 0) is 51.0 Å². The van der Waals surface area contributed by atoms with Gasteiger partial charge >= 0.3 is 18.1 Å². The van der Waals surface area contributed by atoms with E-state index in [9.17, 15) is 24.5 Å². The summed E-state index contributed by atoms with van der Waals surface area (Å²) < 4.78 is 34.5. The first-order chi connectivity index (χ1) is 26.5. The van der Waals surface area contributed by atoms with Gasteiger partial charge in [0.15, 0.2) is 23.1 Å². The average Bonchev–Trinajstić information content (AvgIpc) is 3.94. The first-order valence-electron chi connectivity index (χ1n) is 17.5. The molecule has 2 fully saturated rings. The van der Waals surface area contributed by atoms with E-state index in [2.05, 4.69) is 30.4 Å². The van der Waals surface area contributed by atoms with Crippen molar-refractivity contribution in [3.8, 4) is 22.5 Å². The number of hydrogen-bond acceptors (Lipinski definition) is 16. The highest BCUT2D eigenvalue weighted by Gasteiger charge is 2.51. The van der Waals surface area contributed by atoms with Crippen LogP contribution in [0.1, 0.15) is 61.9 Å². The maximum atomic E-state index is 13.5. The molecule has 19 nitrogen and oxygen atoms in total. The number of ether oxygens (including phenoxy) is 6. The van der Waals surface area contributed by atoms with Crippen LogP contribution < -0.4 is 0 Å². The molecule has 0 bridgehead atoms. The minimum Gasteiger partial charge on any atom is -0.457 e. The predicted octanol–water partition coefficient (Wildman–Crippen LogP) is 4.50. The van der Waals surface area contributed by atoms with E-state index < -0.39 is 60.0 Å². The molecule has 1 N–H and O–H groups in total. The van der Waals surface area contributed by atoms with Gasteiger partial charge in [-0.1, -0.05) is 73.5 Å². The Morgan fingerprint density at radius 3 is 2.36 bits per heavy atom. The molecule has 55 heavy (non-hydrogen) atoms. The van der Waals surface area contributed by atoms with E-state index in [4.69, 9.17) is 40.0 Å². The van der Waals surface area contributed by atoms with Gasteiger partial charge < -0.3 is 37.8 Å². The van der Waals surface area contributed by atoms with Crippen molar-refractivity contribution in [2.75, 3.05) is 13.2 Å². The molecule has 6 rings (SSSR count). The number of aromatic amines is 1. The number of nitrogens with zero attached hydrogens (tertiary/aromatic N) is 6. The van der Waals surface area contributed by atoms with Gasteiger partial charge in [0.05, 0.1) is 19.6 Å². The largest absolute Gasteiger partial charge is 0.511 e. The number of hydrogen-bond donors (Lipinski definition) is 1. The minimum absolute atomic E-state index is 0.00516. The number of carbonyl (C=O) groups is 3. The molecule has 0 spiro atoms. The second kappa shape index (κ2) is 17.7. The SMILES string of the molecule is CCCCc1nc(Cl)c(C(=O)OC(C)OC(=O)O[C@H]2COC3C2OC[C@H]3OC(=O)CC(C)O[N+](=O)[O-])n1Cc1ccc(-c2ccccc2-c2nn[nH]n2)cc1. The zero-order valence-corrected chi connectivity index (χ0v) is 30.7. The van der Waals surface area contributed by atoms with Crippen molar-refractivity contribution in [2.45, 2.75) is 89.8 Å². The Balaban J connectivity index is 1.06. The van der Waals surface area contributed by atoms with E-state index in [1.54, 1.807) is 4.57 Å². The Kier molecular flexibility index (Phi) is 12.5. The topological polar surface area (TPSA) is 231 Å². The van der Waals surface area contributed by atoms with E-state index in [0.717, 1.165) is 35.1 Å². The maximum absolute atomic E-state index is 13.5. The number of carbonyl (C=O) groups excluding carboxylic acids is 3. The van der Waals surface area contributed by atoms with Gasteiger partial charge in [-0.15, -0.1) is 20.3 Å². The molecule has 0 aliphatic carbocycles. The van der Waals surface area contributed by atoms with Crippen LogP contribution >= 0.6 is 11.6 Å². The zero-order valence-electron chi connectivity index (χ0n) is 30.0. The molecule has 4 heterocycles. The van der Waals surface area contributed by atoms with Crippen LogP contribution in [0.2, 0.25) is 5.15 Å². The quantitative estimate of drug-likeness (QED) is 0.0542. The number of esters is 2. The zero-order chi connectivity index (χ0) is 39.1. The van der Waals surface area contributed by atoms with Crippen molar-refractivity contribution in [2.24, 2.45) is 0 Å². The molecule has 292 valence electrons. The lowest BCUT2D eigenvalue weighted by atomic mass is 9.98. The van der Waals surface area contributed by atoms with Gasteiger partial charge in [-0.3, -0.25) is 4.79 Å². The normalized spacial score (nSPS) is 19.9. The highest BCUT2D eigenvalue weighted by molar-refractivity contribution is 6.32. The second-order valence-electron chi connectivity index (χ2n) is 12.8. The number of unbranched alkanes of at least 4 members (excludes halogenated alkanes) is 1. The van der Waals surface area contributed by atoms with Gasteiger partial charge in [0.25, 0.3) is 5.09 Å². The monoisotopic (exact) mass is 783 g/mol. The first-order valence-corrected chi connectivity index (χ1v) is 17.9. The molecule has 2 aromatic heterocycles. The molecule has 6 atom stereocenters. The van der Waals surface area contributed by atoms with Crippen LogP contribution in [-0.4, -0.2) is 103 Å². The van der Waals surface area contributed by atoms with Crippen molar-refractivity contribution < 1.29 is 52.7 Å². The van der Waals surface area contributed by atoms with Gasteiger partial charge in [-0.2, -0.15) is 5.21 Å². The summed E-state index contributed by atoms with van der Waals surface area (Å²) in [5.41, 5.74) is 3.50. The summed E-state index contributed by atoms with van der Waals surface area (Å²) in [6.07, 6.45) is -4.97. The summed E-state index contributed by atoms with van der Waals surface area (Å²) in [4.78, 5) is 57.8. The number of aromatic nitrogens is 6. The summed E-state index contributed by atoms with van der Waals surface area (Å²) >= 11 is 6.53. The summed E-state index contributed by atoms with van der Waals surface area (Å²) in [7, 11) is 0. The van der Waals surface area contributed by atoms with Crippen molar-refractivity contribution in [3.63, 3.8) is 0 Å². The van der Waals surface area contributed by atoms with Crippen LogP contribution in [0, 0.1) is 10.1 Å². The fourth-order valence-corrected chi connectivity index (χ4v) is 6.60. The van der Waals surface area contributed by atoms with E-state index in [0.29, 0.717) is 18.1 Å². The predicted molar refractivity (Wildman–Crippen MR) is 188 cm³/mol. The van der Waals surface area contributed by atoms with E-state index in [-0.39, 0.29) is 37.0 Å². The summed E-state index contributed by atoms with van der Waals surface area (Å²) in [5.74, 6) is -0.549. The number of H-pyrrole nitrogens is 1. The molecular weight excluding hydrogens is 746 g/mol. The van der Waals surface area contributed by atoms with Crippen molar-refractivity contribution in [1.29, 1.82) is 0 Å². The van der Waals surface area contributed by atoms with Gasteiger partial charge in [-0.25, -0.2) is 14.6 Å². The number of halogens is 1. The average molecular weight is 784 g/mol. The van der Waals surface area contributed by atoms with Crippen molar-refractivity contribution in [1.82, 2.24) is 30.2 Å². The first kappa shape index (κ1) is 39.0. The molecule has 0 radical (unpaired) electrons. The number of imidazole rings is 1. The highest BCUT2D eigenvalue weighted by atomic mass is 35.5. The number of rotatable bonds is 16. The molecule has 2 saturated heterocycles. The smallest absolute Gasteiger partial charge is 0.457 e. The molecule has 0 saturated carbocycles. The Bertz CT molecular complexity index is 1980. The fraction of sp³-hybridized carbons (Fsp3) is 0.457. The summed E-state index contributed by atoms with van der Waals surface area (Å²) in [6, 6.07) is 15.5. The molecule has 0 amide bonds. The number of benzene rings is 2. The molecule has 2 aliphatic rings. The molecule has 20 heteroatoms. The van der Waals surface area contributed by atoms with Crippen LogP contribution in [0.25, 0.3) is 22.5 Å². The Labute approximate surface area is 318 Å². The van der Waals surface area contributed by atoms with Crippen molar-refractivity contribution in [3.05, 3.63) is 80.9 Å². The number of aryl methyl sites for hydroxylation is 1. The van der Waals surface area contributed by atoms with Gasteiger partial charge in [-0.05, 0) is 35.2 Å². The maximum Gasteiger partial charge on any atom is 0.511 e.